The summed E-state index contributed by atoms with van der Waals surface area (Å²) in [6.07, 6.45) is 4.14. The van der Waals surface area contributed by atoms with E-state index >= 15 is 0 Å². The van der Waals surface area contributed by atoms with Crippen LogP contribution in [-0.2, 0) is 0 Å². The van der Waals surface area contributed by atoms with Gasteiger partial charge >= 0.3 is 0 Å². The lowest BCUT2D eigenvalue weighted by molar-refractivity contribution is 0.631. The van der Waals surface area contributed by atoms with Gasteiger partial charge in [0.1, 0.15) is 5.82 Å². The number of hydrogen-bond donors (Lipinski definition) is 1. The highest BCUT2D eigenvalue weighted by molar-refractivity contribution is 9.10. The Morgan fingerprint density at radius 3 is 2.65 bits per heavy atom. The van der Waals surface area contributed by atoms with Gasteiger partial charge in [-0.25, -0.2) is 14.4 Å². The lowest BCUT2D eigenvalue weighted by Crippen LogP contribution is -2.22. The number of rotatable bonds is 5. The predicted octanol–water partition coefficient (Wildman–Crippen LogP) is 2.83. The summed E-state index contributed by atoms with van der Waals surface area (Å²) in [6.45, 7) is 1.42. The second-order valence-electron chi connectivity index (χ2n) is 4.46. The zero-order valence-corrected chi connectivity index (χ0v) is 12.8. The monoisotopic (exact) mass is 338 g/mol. The molecule has 0 aliphatic rings. The molecule has 6 heteroatoms. The minimum atomic E-state index is -0.291. The quantitative estimate of drug-likeness (QED) is 0.910. The van der Waals surface area contributed by atoms with Crippen LogP contribution in [0, 0.1) is 5.82 Å². The van der Waals surface area contributed by atoms with E-state index in [9.17, 15) is 4.39 Å². The molecule has 2 rings (SSSR count). The van der Waals surface area contributed by atoms with Crippen molar-refractivity contribution in [2.75, 3.05) is 25.0 Å². The molecule has 0 bridgehead atoms. The summed E-state index contributed by atoms with van der Waals surface area (Å²) in [5.41, 5.74) is 6.61. The Hall–Kier alpha value is -1.53. The second-order valence-corrected chi connectivity index (χ2v) is 5.38. The van der Waals surface area contributed by atoms with Crippen molar-refractivity contribution in [3.8, 4) is 11.1 Å². The van der Waals surface area contributed by atoms with Crippen LogP contribution in [0.3, 0.4) is 0 Å². The zero-order chi connectivity index (χ0) is 14.5. The first kappa shape index (κ1) is 14.9. The van der Waals surface area contributed by atoms with Crippen LogP contribution in [0.5, 0.6) is 0 Å². The fourth-order valence-corrected chi connectivity index (χ4v) is 2.17. The molecule has 0 saturated heterocycles. The summed E-state index contributed by atoms with van der Waals surface area (Å²) in [6, 6.07) is 4.79. The summed E-state index contributed by atoms with van der Waals surface area (Å²) >= 11 is 3.33. The van der Waals surface area contributed by atoms with Gasteiger partial charge in [0.15, 0.2) is 0 Å². The maximum Gasteiger partial charge on any atom is 0.225 e. The van der Waals surface area contributed by atoms with Crippen LogP contribution >= 0.6 is 15.9 Å². The lowest BCUT2D eigenvalue weighted by Gasteiger charge is -2.16. The number of nitrogens with zero attached hydrogens (tertiary/aromatic N) is 3. The third-order valence-corrected chi connectivity index (χ3v) is 3.41. The maximum atomic E-state index is 13.8. The van der Waals surface area contributed by atoms with Crippen LogP contribution in [-0.4, -0.2) is 30.1 Å². The van der Waals surface area contributed by atoms with Crippen LogP contribution in [0.15, 0.2) is 35.1 Å². The van der Waals surface area contributed by atoms with E-state index in [4.69, 9.17) is 5.73 Å². The molecule has 1 aromatic heterocycles. The summed E-state index contributed by atoms with van der Waals surface area (Å²) in [7, 11) is 1.91. The van der Waals surface area contributed by atoms with E-state index in [1.54, 1.807) is 24.5 Å². The highest BCUT2D eigenvalue weighted by Crippen LogP contribution is 2.25. The van der Waals surface area contributed by atoms with E-state index in [1.807, 2.05) is 11.9 Å². The highest BCUT2D eigenvalue weighted by atomic mass is 79.9. The number of benzene rings is 1. The molecule has 106 valence electrons. The molecular weight excluding hydrogens is 323 g/mol. The van der Waals surface area contributed by atoms with Crippen molar-refractivity contribution in [3.63, 3.8) is 0 Å². The molecule has 0 unspecified atom stereocenters. The standard InChI is InChI=1S/C14H16BrFN4/c1-20(6-2-5-17)14-18-8-10(9-19-14)12-7-11(15)3-4-13(12)16/h3-4,7-9H,2,5-6,17H2,1H3. The molecule has 0 spiro atoms. The fourth-order valence-electron chi connectivity index (χ4n) is 1.80. The van der Waals surface area contributed by atoms with E-state index in [0.717, 1.165) is 17.4 Å². The fraction of sp³-hybridized carbons (Fsp3) is 0.286. The first-order chi connectivity index (χ1) is 9.61. The molecule has 0 aliphatic heterocycles. The first-order valence-corrected chi connectivity index (χ1v) is 7.10. The third-order valence-electron chi connectivity index (χ3n) is 2.92. The molecule has 20 heavy (non-hydrogen) atoms. The van der Waals surface area contributed by atoms with Gasteiger partial charge in [0.2, 0.25) is 5.95 Å². The number of nitrogens with two attached hydrogens (primary N) is 1. The SMILES string of the molecule is CN(CCCN)c1ncc(-c2cc(Br)ccc2F)cn1. The predicted molar refractivity (Wildman–Crippen MR) is 82.1 cm³/mol. The molecule has 2 aromatic rings. The number of anilines is 1. The van der Waals surface area contributed by atoms with Crippen molar-refractivity contribution in [3.05, 3.63) is 40.9 Å². The highest BCUT2D eigenvalue weighted by Gasteiger charge is 2.08. The van der Waals surface area contributed by atoms with E-state index in [2.05, 4.69) is 25.9 Å². The summed E-state index contributed by atoms with van der Waals surface area (Å²) in [4.78, 5) is 10.5. The molecule has 0 fully saturated rings. The maximum absolute atomic E-state index is 13.8. The molecule has 1 aromatic carbocycles. The Labute approximate surface area is 126 Å². The Morgan fingerprint density at radius 1 is 1.30 bits per heavy atom. The van der Waals surface area contributed by atoms with Gasteiger partial charge in [-0.2, -0.15) is 0 Å². The molecule has 0 radical (unpaired) electrons. The normalized spacial score (nSPS) is 10.6. The van der Waals surface area contributed by atoms with Crippen molar-refractivity contribution in [2.45, 2.75) is 6.42 Å². The van der Waals surface area contributed by atoms with Crippen molar-refractivity contribution >= 4 is 21.9 Å². The van der Waals surface area contributed by atoms with Crippen LogP contribution in [0.25, 0.3) is 11.1 Å². The number of aromatic nitrogens is 2. The third kappa shape index (κ3) is 3.52. The molecule has 4 nitrogen and oxygen atoms in total. The Balaban J connectivity index is 2.21. The number of halogens is 2. The minimum absolute atomic E-state index is 0.291. The van der Waals surface area contributed by atoms with Crippen LogP contribution in [0.4, 0.5) is 10.3 Å². The number of hydrogen-bond acceptors (Lipinski definition) is 4. The molecule has 1 heterocycles. The van der Waals surface area contributed by atoms with Crippen molar-refractivity contribution in [1.82, 2.24) is 9.97 Å². The van der Waals surface area contributed by atoms with E-state index in [-0.39, 0.29) is 5.82 Å². The van der Waals surface area contributed by atoms with Gasteiger partial charge in [0.25, 0.3) is 0 Å². The lowest BCUT2D eigenvalue weighted by atomic mass is 10.1. The Kier molecular flexibility index (Phi) is 5.03. The summed E-state index contributed by atoms with van der Waals surface area (Å²) in [5.74, 6) is 0.318. The minimum Gasteiger partial charge on any atom is -0.344 e. The summed E-state index contributed by atoms with van der Waals surface area (Å²) < 4.78 is 14.6. The van der Waals surface area contributed by atoms with Crippen molar-refractivity contribution in [2.24, 2.45) is 5.73 Å². The van der Waals surface area contributed by atoms with E-state index < -0.39 is 0 Å². The van der Waals surface area contributed by atoms with Crippen molar-refractivity contribution < 1.29 is 4.39 Å². The van der Waals surface area contributed by atoms with Crippen LogP contribution in [0.1, 0.15) is 6.42 Å². The topological polar surface area (TPSA) is 55.0 Å². The molecular formula is C14H16BrFN4. The van der Waals surface area contributed by atoms with E-state index in [1.165, 1.54) is 6.07 Å². The molecule has 2 N–H and O–H groups in total. The van der Waals surface area contributed by atoms with Gasteiger partial charge in [-0.15, -0.1) is 0 Å². The largest absolute Gasteiger partial charge is 0.344 e. The van der Waals surface area contributed by atoms with Crippen LogP contribution in [0.2, 0.25) is 0 Å². The molecule has 0 atom stereocenters. The summed E-state index contributed by atoms with van der Waals surface area (Å²) in [5, 5.41) is 0. The van der Waals surface area contributed by atoms with Gasteiger partial charge in [-0.3, -0.25) is 0 Å². The molecule has 0 amide bonds. The molecule has 0 saturated carbocycles. The van der Waals surface area contributed by atoms with Gasteiger partial charge in [0.05, 0.1) is 0 Å². The second kappa shape index (κ2) is 6.76. The molecule has 0 aliphatic carbocycles. The van der Waals surface area contributed by atoms with Gasteiger partial charge in [-0.1, -0.05) is 15.9 Å². The first-order valence-electron chi connectivity index (χ1n) is 6.30. The van der Waals surface area contributed by atoms with Gasteiger partial charge in [-0.05, 0) is 31.2 Å². The van der Waals surface area contributed by atoms with E-state index in [0.29, 0.717) is 23.6 Å². The zero-order valence-electron chi connectivity index (χ0n) is 11.2. The van der Waals surface area contributed by atoms with Gasteiger partial charge in [0, 0.05) is 41.6 Å². The van der Waals surface area contributed by atoms with Crippen molar-refractivity contribution in [1.29, 1.82) is 0 Å². The average molecular weight is 339 g/mol. The Morgan fingerprint density at radius 2 is 2.00 bits per heavy atom. The smallest absolute Gasteiger partial charge is 0.225 e. The van der Waals surface area contributed by atoms with Crippen LogP contribution < -0.4 is 10.6 Å². The van der Waals surface area contributed by atoms with Gasteiger partial charge < -0.3 is 10.6 Å². The Bertz CT molecular complexity index is 574. The average Bonchev–Trinajstić information content (AvgIpc) is 2.47.